The number of nitrogens with zero attached hydrogens (tertiary/aromatic N) is 8. The van der Waals surface area contributed by atoms with Gasteiger partial charge in [0.15, 0.2) is 0 Å². The van der Waals surface area contributed by atoms with Gasteiger partial charge in [-0.2, -0.15) is 0 Å². The molecular formula is C30H52N8O. The fourth-order valence-electron chi connectivity index (χ4n) is 2.61. The second-order valence-electron chi connectivity index (χ2n) is 8.95. The maximum atomic E-state index is 5.55. The molecule has 0 unspecified atom stereocenters. The van der Waals surface area contributed by atoms with Crippen molar-refractivity contribution >= 4 is 11.9 Å². The average molecular weight is 541 g/mol. The number of aryl methyl sites for hydroxylation is 3. The topological polar surface area (TPSA) is 93.1 Å². The van der Waals surface area contributed by atoms with Crippen molar-refractivity contribution < 1.29 is 4.74 Å². The van der Waals surface area contributed by atoms with Crippen molar-refractivity contribution in [2.45, 2.75) is 94.1 Å². The highest BCUT2D eigenvalue weighted by Crippen LogP contribution is 2.38. The number of ether oxygens (including phenoxy) is 1. The maximum absolute atomic E-state index is 5.55. The Bertz CT molecular complexity index is 985. The summed E-state index contributed by atoms with van der Waals surface area (Å²) >= 11 is 0. The van der Waals surface area contributed by atoms with Crippen LogP contribution in [0.3, 0.4) is 0 Å². The van der Waals surface area contributed by atoms with Crippen LogP contribution in [0.2, 0.25) is 0 Å². The molecule has 2 fully saturated rings. The quantitative estimate of drug-likeness (QED) is 0.361. The van der Waals surface area contributed by atoms with Crippen LogP contribution in [-0.4, -0.2) is 62.7 Å². The number of rotatable bonds is 4. The molecule has 1 saturated heterocycles. The lowest BCUT2D eigenvalue weighted by Crippen LogP contribution is -2.38. The predicted octanol–water partition coefficient (Wildman–Crippen LogP) is 6.64. The maximum Gasteiger partial charge on any atom is 0.316 e. The van der Waals surface area contributed by atoms with Crippen molar-refractivity contribution in [3.8, 4) is 6.01 Å². The van der Waals surface area contributed by atoms with Gasteiger partial charge in [-0.1, -0.05) is 41.5 Å². The first kappa shape index (κ1) is 35.6. The molecule has 39 heavy (non-hydrogen) atoms. The summed E-state index contributed by atoms with van der Waals surface area (Å²) in [7, 11) is 3.84. The van der Waals surface area contributed by atoms with Gasteiger partial charge in [0.2, 0.25) is 11.9 Å². The minimum absolute atomic E-state index is 0.0231. The third-order valence-corrected chi connectivity index (χ3v) is 5.12. The Morgan fingerprint density at radius 1 is 0.667 bits per heavy atom. The normalized spacial score (nSPS) is 13.3. The second kappa shape index (κ2) is 19.7. The zero-order valence-corrected chi connectivity index (χ0v) is 26.5. The van der Waals surface area contributed by atoms with E-state index >= 15 is 0 Å². The van der Waals surface area contributed by atoms with Crippen molar-refractivity contribution in [2.24, 2.45) is 0 Å². The number of anilines is 2. The first-order valence-electron chi connectivity index (χ1n) is 14.2. The summed E-state index contributed by atoms with van der Waals surface area (Å²) in [6.45, 7) is 22.2. The van der Waals surface area contributed by atoms with Crippen LogP contribution in [0, 0.1) is 20.8 Å². The van der Waals surface area contributed by atoms with Crippen LogP contribution in [0.5, 0.6) is 6.01 Å². The van der Waals surface area contributed by atoms with Crippen LogP contribution < -0.4 is 14.5 Å². The Kier molecular flexibility index (Phi) is 18.0. The van der Waals surface area contributed by atoms with E-state index in [9.17, 15) is 0 Å². The Hall–Kier alpha value is -3.36. The minimum Gasteiger partial charge on any atom is -0.457 e. The van der Waals surface area contributed by atoms with Crippen LogP contribution in [0.1, 0.15) is 84.4 Å². The molecular weight excluding hydrogens is 488 g/mol. The summed E-state index contributed by atoms with van der Waals surface area (Å²) in [5.41, 5.74) is 3.29. The Balaban J connectivity index is 0.000000508. The summed E-state index contributed by atoms with van der Waals surface area (Å²) in [6, 6.07) is 0.501. The first-order chi connectivity index (χ1) is 18.7. The van der Waals surface area contributed by atoms with E-state index in [1.807, 2.05) is 106 Å². The van der Waals surface area contributed by atoms with Crippen molar-refractivity contribution in [3.63, 3.8) is 0 Å². The van der Waals surface area contributed by atoms with Gasteiger partial charge in [0.25, 0.3) is 0 Å². The van der Waals surface area contributed by atoms with Crippen LogP contribution in [0.15, 0.2) is 37.2 Å². The molecule has 3 aromatic rings. The molecule has 1 saturated carbocycles. The molecule has 0 aromatic carbocycles. The Morgan fingerprint density at radius 2 is 1.05 bits per heavy atom. The molecule has 4 heterocycles. The lowest BCUT2D eigenvalue weighted by Gasteiger charge is -2.30. The van der Waals surface area contributed by atoms with E-state index in [4.69, 9.17) is 4.74 Å². The Morgan fingerprint density at radius 3 is 1.38 bits per heavy atom. The molecule has 0 amide bonds. The van der Waals surface area contributed by atoms with Gasteiger partial charge in [-0.3, -0.25) is 0 Å². The molecule has 1 aliphatic carbocycles. The summed E-state index contributed by atoms with van der Waals surface area (Å²) in [6.07, 6.45) is 14.4. The summed E-state index contributed by atoms with van der Waals surface area (Å²) in [5.74, 6) is 1.63. The highest BCUT2D eigenvalue weighted by Gasteiger charge is 2.40. The molecule has 0 N–H and O–H groups in total. The van der Waals surface area contributed by atoms with Gasteiger partial charge in [-0.05, 0) is 63.6 Å². The number of hydrogen-bond acceptors (Lipinski definition) is 9. The lowest BCUT2D eigenvalue weighted by atomic mass is 10.2. The van der Waals surface area contributed by atoms with Crippen LogP contribution in [0.4, 0.5) is 11.9 Å². The van der Waals surface area contributed by atoms with Gasteiger partial charge in [-0.15, -0.1) is 0 Å². The minimum atomic E-state index is 0.0231. The van der Waals surface area contributed by atoms with E-state index in [1.54, 1.807) is 12.4 Å². The van der Waals surface area contributed by atoms with Gasteiger partial charge in [0.05, 0.1) is 0 Å². The molecule has 218 valence electrons. The van der Waals surface area contributed by atoms with E-state index in [0.717, 1.165) is 54.5 Å². The molecule has 0 spiro atoms. The molecule has 0 radical (unpaired) electrons. The summed E-state index contributed by atoms with van der Waals surface area (Å²) < 4.78 is 5.55. The van der Waals surface area contributed by atoms with Crippen molar-refractivity contribution in [1.29, 1.82) is 0 Å². The van der Waals surface area contributed by atoms with Gasteiger partial charge in [0.1, 0.15) is 5.60 Å². The summed E-state index contributed by atoms with van der Waals surface area (Å²) in [4.78, 5) is 28.8. The van der Waals surface area contributed by atoms with E-state index < -0.39 is 0 Å². The van der Waals surface area contributed by atoms with E-state index in [-0.39, 0.29) is 5.60 Å². The third kappa shape index (κ3) is 14.4. The molecule has 1 aliphatic heterocycles. The van der Waals surface area contributed by atoms with Gasteiger partial charge in [0, 0.05) is 64.4 Å². The number of aromatic nitrogens is 6. The molecule has 9 nitrogen and oxygen atoms in total. The van der Waals surface area contributed by atoms with E-state index in [1.165, 1.54) is 6.42 Å². The average Bonchev–Trinajstić information content (AvgIpc) is 3.66. The van der Waals surface area contributed by atoms with Crippen LogP contribution in [0.25, 0.3) is 0 Å². The molecule has 0 atom stereocenters. The predicted molar refractivity (Wildman–Crippen MR) is 164 cm³/mol. The Labute approximate surface area is 237 Å². The third-order valence-electron chi connectivity index (χ3n) is 5.12. The summed E-state index contributed by atoms with van der Waals surface area (Å²) in [5, 5.41) is 0. The fraction of sp³-hybridized carbons (Fsp3) is 0.600. The molecule has 3 aromatic heterocycles. The lowest BCUT2D eigenvalue weighted by molar-refractivity contribution is 0.182. The van der Waals surface area contributed by atoms with E-state index in [0.29, 0.717) is 6.01 Å². The standard InChI is InChI=1S/C9H12N2O.C8H11N3.C7H11N3.3C2H6/c1-7-5-10-8(11-6-7)12-9(2)3-4-9;1-7-5-9-8(10-6-7)11-3-2-4-11;1-6-4-8-7(9-5-6)10(2)3;3*1-2/h5-6H,3-4H2,1-2H3;5-6H,2-4H2,1H3;4-5H,1-3H3;3*1-2H3. The zero-order chi connectivity index (χ0) is 29.8. The zero-order valence-electron chi connectivity index (χ0n) is 26.5. The largest absolute Gasteiger partial charge is 0.457 e. The van der Waals surface area contributed by atoms with Crippen LogP contribution >= 0.6 is 0 Å². The monoisotopic (exact) mass is 540 g/mol. The van der Waals surface area contributed by atoms with Gasteiger partial charge in [-0.25, -0.2) is 29.9 Å². The van der Waals surface area contributed by atoms with Crippen molar-refractivity contribution in [2.75, 3.05) is 37.0 Å². The highest BCUT2D eigenvalue weighted by molar-refractivity contribution is 5.32. The van der Waals surface area contributed by atoms with E-state index in [2.05, 4.69) is 41.7 Å². The van der Waals surface area contributed by atoms with Crippen molar-refractivity contribution in [1.82, 2.24) is 29.9 Å². The molecule has 5 rings (SSSR count). The smallest absolute Gasteiger partial charge is 0.316 e. The fourth-order valence-corrected chi connectivity index (χ4v) is 2.61. The SMILES string of the molecule is CC.CC.CC.Cc1cnc(N(C)C)nc1.Cc1cnc(N2CCC2)nc1.Cc1cnc(OC2(C)CC2)nc1. The first-order valence-corrected chi connectivity index (χ1v) is 14.2. The second-order valence-corrected chi connectivity index (χ2v) is 8.95. The number of hydrogen-bond donors (Lipinski definition) is 0. The molecule has 9 heteroatoms. The van der Waals surface area contributed by atoms with Gasteiger partial charge < -0.3 is 14.5 Å². The molecule has 0 bridgehead atoms. The highest BCUT2D eigenvalue weighted by atomic mass is 16.5. The van der Waals surface area contributed by atoms with Crippen molar-refractivity contribution in [3.05, 3.63) is 53.9 Å². The molecule has 2 aliphatic rings. The van der Waals surface area contributed by atoms with Crippen LogP contribution in [-0.2, 0) is 0 Å². The van der Waals surface area contributed by atoms with Gasteiger partial charge >= 0.3 is 6.01 Å².